The Morgan fingerprint density at radius 3 is 2.81 bits per heavy atom. The van der Waals surface area contributed by atoms with Crippen LogP contribution in [0.25, 0.3) is 0 Å². The fourth-order valence-electron chi connectivity index (χ4n) is 2.15. The van der Waals surface area contributed by atoms with Gasteiger partial charge in [-0.3, -0.25) is 0 Å². The predicted molar refractivity (Wildman–Crippen MR) is 77.0 cm³/mol. The van der Waals surface area contributed by atoms with E-state index in [1.807, 2.05) is 18.2 Å². The number of benzene rings is 1. The lowest BCUT2D eigenvalue weighted by molar-refractivity contribution is -0.0173. The Bertz CT molecular complexity index is 663. The number of anilines is 2. The van der Waals surface area contributed by atoms with Crippen molar-refractivity contribution < 1.29 is 14.2 Å². The van der Waals surface area contributed by atoms with Crippen molar-refractivity contribution >= 4 is 11.8 Å². The van der Waals surface area contributed by atoms with E-state index in [9.17, 15) is 0 Å². The number of nitrogens with zero attached hydrogens (tertiary/aromatic N) is 2. The highest BCUT2D eigenvalue weighted by molar-refractivity contribution is 5.49. The van der Waals surface area contributed by atoms with Crippen molar-refractivity contribution in [1.82, 2.24) is 9.97 Å². The molecule has 1 atom stereocenters. The maximum absolute atomic E-state index is 5.84. The number of rotatable bonds is 4. The molecule has 0 bridgehead atoms. The minimum atomic E-state index is -0.398. The van der Waals surface area contributed by atoms with Gasteiger partial charge in [-0.15, -0.1) is 0 Å². The van der Waals surface area contributed by atoms with Crippen LogP contribution in [0.1, 0.15) is 11.1 Å². The van der Waals surface area contributed by atoms with Crippen LogP contribution in [0.3, 0.4) is 0 Å². The Hall–Kier alpha value is -2.54. The summed E-state index contributed by atoms with van der Waals surface area (Å²) in [5, 5.41) is 0. The molecule has 0 saturated carbocycles. The maximum atomic E-state index is 5.84. The Kier molecular flexibility index (Phi) is 3.49. The normalized spacial score (nSPS) is 16.1. The van der Waals surface area contributed by atoms with Gasteiger partial charge in [-0.05, 0) is 17.7 Å². The van der Waals surface area contributed by atoms with Crippen molar-refractivity contribution in [2.45, 2.75) is 12.7 Å². The number of ether oxygens (including phenoxy) is 3. The van der Waals surface area contributed by atoms with Gasteiger partial charge in [0.25, 0.3) is 6.29 Å². The van der Waals surface area contributed by atoms with E-state index in [1.165, 1.54) is 0 Å². The number of hydrogen-bond acceptors (Lipinski definition) is 7. The summed E-state index contributed by atoms with van der Waals surface area (Å²) in [6.07, 6.45) is 1.83. The standard InChI is InChI=1S/C14H16N4O3/c1-19-7-12-20-10-3-2-8(5-11(10)21-12)4-9-6-17-14(16)18-13(9)15/h2-3,5-6,12H,4,7H2,1H3,(H4,15,16,17,18). The third kappa shape index (κ3) is 2.82. The molecule has 1 aromatic heterocycles. The number of methoxy groups -OCH3 is 1. The summed E-state index contributed by atoms with van der Waals surface area (Å²) < 4.78 is 16.2. The molecule has 4 N–H and O–H groups in total. The van der Waals surface area contributed by atoms with E-state index >= 15 is 0 Å². The first kappa shape index (κ1) is 13.4. The summed E-state index contributed by atoms with van der Waals surface area (Å²) in [5.41, 5.74) is 13.2. The summed E-state index contributed by atoms with van der Waals surface area (Å²) in [7, 11) is 1.60. The summed E-state index contributed by atoms with van der Waals surface area (Å²) in [6, 6.07) is 5.74. The SMILES string of the molecule is COCC1Oc2ccc(Cc3cnc(N)nc3N)cc2O1. The minimum absolute atomic E-state index is 0.171. The minimum Gasteiger partial charge on any atom is -0.448 e. The van der Waals surface area contributed by atoms with Crippen LogP contribution in [0, 0.1) is 0 Å². The van der Waals surface area contributed by atoms with Gasteiger partial charge in [-0.25, -0.2) is 4.98 Å². The zero-order valence-corrected chi connectivity index (χ0v) is 11.6. The van der Waals surface area contributed by atoms with Crippen LogP contribution in [0.5, 0.6) is 11.5 Å². The third-order valence-electron chi connectivity index (χ3n) is 3.14. The summed E-state index contributed by atoms with van der Waals surface area (Å²) in [5.74, 6) is 1.97. The van der Waals surface area contributed by atoms with Gasteiger partial charge in [0, 0.05) is 25.3 Å². The molecule has 0 aliphatic carbocycles. The monoisotopic (exact) mass is 288 g/mol. The average molecular weight is 288 g/mol. The molecule has 7 nitrogen and oxygen atoms in total. The molecule has 0 saturated heterocycles. The number of hydrogen-bond donors (Lipinski definition) is 2. The van der Waals surface area contributed by atoms with E-state index in [2.05, 4.69) is 9.97 Å². The van der Waals surface area contributed by atoms with Gasteiger partial charge < -0.3 is 25.7 Å². The average Bonchev–Trinajstić information content (AvgIpc) is 2.84. The fraction of sp³-hybridized carbons (Fsp3) is 0.286. The molecule has 1 aromatic carbocycles. The summed E-state index contributed by atoms with van der Waals surface area (Å²) in [4.78, 5) is 7.91. The van der Waals surface area contributed by atoms with Crippen molar-refractivity contribution in [3.63, 3.8) is 0 Å². The second kappa shape index (κ2) is 5.45. The molecular weight excluding hydrogens is 272 g/mol. The lowest BCUT2D eigenvalue weighted by Crippen LogP contribution is -2.23. The molecule has 3 rings (SSSR count). The highest BCUT2D eigenvalue weighted by Gasteiger charge is 2.24. The summed E-state index contributed by atoms with van der Waals surface area (Å²) >= 11 is 0. The van der Waals surface area contributed by atoms with Crippen molar-refractivity contribution in [1.29, 1.82) is 0 Å². The third-order valence-corrected chi connectivity index (χ3v) is 3.14. The van der Waals surface area contributed by atoms with Gasteiger partial charge in [-0.1, -0.05) is 6.07 Å². The lowest BCUT2D eigenvalue weighted by Gasteiger charge is -2.07. The molecule has 1 unspecified atom stereocenters. The van der Waals surface area contributed by atoms with E-state index in [1.54, 1.807) is 13.3 Å². The van der Waals surface area contributed by atoms with E-state index in [0.717, 1.165) is 11.1 Å². The first-order valence-corrected chi connectivity index (χ1v) is 6.48. The van der Waals surface area contributed by atoms with Gasteiger partial charge in [-0.2, -0.15) is 4.98 Å². The molecule has 0 radical (unpaired) electrons. The highest BCUT2D eigenvalue weighted by atomic mass is 16.7. The fourth-order valence-corrected chi connectivity index (χ4v) is 2.15. The van der Waals surface area contributed by atoms with Gasteiger partial charge >= 0.3 is 0 Å². The van der Waals surface area contributed by atoms with Crippen molar-refractivity contribution in [2.24, 2.45) is 0 Å². The van der Waals surface area contributed by atoms with Gasteiger partial charge in [0.15, 0.2) is 11.5 Å². The van der Waals surface area contributed by atoms with Crippen LogP contribution in [-0.4, -0.2) is 30.0 Å². The van der Waals surface area contributed by atoms with Crippen LogP contribution in [0.2, 0.25) is 0 Å². The van der Waals surface area contributed by atoms with Gasteiger partial charge in [0.2, 0.25) is 5.95 Å². The Labute approximate surface area is 121 Å². The molecule has 0 amide bonds. The van der Waals surface area contributed by atoms with Crippen LogP contribution in [0.4, 0.5) is 11.8 Å². The number of fused-ring (bicyclic) bond motifs is 1. The maximum Gasteiger partial charge on any atom is 0.264 e. The van der Waals surface area contributed by atoms with Crippen LogP contribution >= 0.6 is 0 Å². The Morgan fingerprint density at radius 1 is 1.24 bits per heavy atom. The molecular formula is C14H16N4O3. The number of nitrogen functional groups attached to an aromatic ring is 2. The largest absolute Gasteiger partial charge is 0.448 e. The van der Waals surface area contributed by atoms with Crippen LogP contribution < -0.4 is 20.9 Å². The number of aromatic nitrogens is 2. The van der Waals surface area contributed by atoms with E-state index in [0.29, 0.717) is 30.3 Å². The molecule has 110 valence electrons. The first-order chi connectivity index (χ1) is 10.2. The quantitative estimate of drug-likeness (QED) is 0.863. The molecule has 21 heavy (non-hydrogen) atoms. The van der Waals surface area contributed by atoms with Crippen molar-refractivity contribution in [2.75, 3.05) is 25.2 Å². The van der Waals surface area contributed by atoms with E-state index in [-0.39, 0.29) is 5.95 Å². The van der Waals surface area contributed by atoms with E-state index in [4.69, 9.17) is 25.7 Å². The molecule has 2 heterocycles. The molecule has 2 aromatic rings. The second-order valence-corrected chi connectivity index (χ2v) is 4.72. The second-order valence-electron chi connectivity index (χ2n) is 4.72. The molecule has 0 fully saturated rings. The van der Waals surface area contributed by atoms with Crippen molar-refractivity contribution in [3.8, 4) is 11.5 Å². The zero-order chi connectivity index (χ0) is 14.8. The van der Waals surface area contributed by atoms with Gasteiger partial charge in [0.1, 0.15) is 12.4 Å². The van der Waals surface area contributed by atoms with Crippen molar-refractivity contribution in [3.05, 3.63) is 35.5 Å². The summed E-state index contributed by atoms with van der Waals surface area (Å²) in [6.45, 7) is 0.378. The predicted octanol–water partition coefficient (Wildman–Crippen LogP) is 0.976. The highest BCUT2D eigenvalue weighted by Crippen LogP contribution is 2.36. The lowest BCUT2D eigenvalue weighted by atomic mass is 10.1. The molecule has 0 spiro atoms. The van der Waals surface area contributed by atoms with E-state index < -0.39 is 6.29 Å². The smallest absolute Gasteiger partial charge is 0.264 e. The topological polar surface area (TPSA) is 106 Å². The zero-order valence-electron chi connectivity index (χ0n) is 11.6. The van der Waals surface area contributed by atoms with Crippen LogP contribution in [-0.2, 0) is 11.2 Å². The molecule has 1 aliphatic rings. The van der Waals surface area contributed by atoms with Crippen LogP contribution in [0.15, 0.2) is 24.4 Å². The number of nitrogens with two attached hydrogens (primary N) is 2. The Balaban J connectivity index is 1.78. The first-order valence-electron chi connectivity index (χ1n) is 6.48. The van der Waals surface area contributed by atoms with Gasteiger partial charge in [0.05, 0.1) is 0 Å². The Morgan fingerprint density at radius 2 is 2.05 bits per heavy atom. The molecule has 7 heteroatoms. The molecule has 1 aliphatic heterocycles.